The number of aliphatic hydroxyl groups excluding tert-OH is 2. The molecular weight excluding hydrogens is 322 g/mol. The van der Waals surface area contributed by atoms with Crippen LogP contribution in [0.4, 0.5) is 0 Å². The lowest BCUT2D eigenvalue weighted by molar-refractivity contribution is -0.125. The molecule has 2 aromatic rings. The number of aromatic nitrogens is 2. The van der Waals surface area contributed by atoms with Crippen molar-refractivity contribution in [3.8, 4) is 0 Å². The highest BCUT2D eigenvalue weighted by Gasteiger charge is 2.37. The number of aryl methyl sites for hydroxylation is 2. The molecule has 7 nitrogen and oxygen atoms in total. The van der Waals surface area contributed by atoms with Crippen LogP contribution in [0, 0.1) is 6.92 Å². The van der Waals surface area contributed by atoms with Crippen LogP contribution in [0.1, 0.15) is 30.0 Å². The summed E-state index contributed by atoms with van der Waals surface area (Å²) in [5, 5.41) is 20.1. The maximum atomic E-state index is 13.0. The van der Waals surface area contributed by atoms with Crippen LogP contribution in [0.15, 0.2) is 18.2 Å². The topological polar surface area (TPSA) is 87.8 Å². The van der Waals surface area contributed by atoms with Gasteiger partial charge in [-0.25, -0.2) is 4.98 Å². The van der Waals surface area contributed by atoms with Gasteiger partial charge in [0, 0.05) is 18.7 Å². The summed E-state index contributed by atoms with van der Waals surface area (Å²) in [6.07, 6.45) is -1.99. The number of rotatable bonds is 4. The van der Waals surface area contributed by atoms with Crippen molar-refractivity contribution in [2.45, 2.75) is 45.6 Å². The minimum absolute atomic E-state index is 0.0864. The zero-order valence-corrected chi connectivity index (χ0v) is 14.8. The number of ether oxygens (including phenoxy) is 1. The number of imidazole rings is 1. The fourth-order valence-electron chi connectivity index (χ4n) is 3.51. The van der Waals surface area contributed by atoms with Crippen molar-refractivity contribution in [2.24, 2.45) is 0 Å². The van der Waals surface area contributed by atoms with Crippen LogP contribution in [0.2, 0.25) is 0 Å². The van der Waals surface area contributed by atoms with E-state index >= 15 is 0 Å². The number of benzene rings is 1. The molecule has 1 saturated heterocycles. The second-order valence-electron chi connectivity index (χ2n) is 6.36. The summed E-state index contributed by atoms with van der Waals surface area (Å²) in [6, 6.07) is 4.91. The van der Waals surface area contributed by atoms with E-state index in [0.717, 1.165) is 23.4 Å². The normalized spacial score (nSPS) is 23.8. The van der Waals surface area contributed by atoms with Crippen molar-refractivity contribution in [1.82, 2.24) is 14.5 Å². The highest BCUT2D eigenvalue weighted by molar-refractivity contribution is 5.97. The SMILES string of the molecule is CCN(C(=O)c1ccc2c(c1)nc(C)n2CC)[C@@H]1COC[C@@H](O)[C@H]1O. The minimum atomic E-state index is -1.01. The Balaban J connectivity index is 1.91. The Bertz CT molecular complexity index is 773. The maximum Gasteiger partial charge on any atom is 0.254 e. The summed E-state index contributed by atoms with van der Waals surface area (Å²) < 4.78 is 7.41. The molecule has 3 rings (SSSR count). The molecule has 1 fully saturated rings. The Morgan fingerprint density at radius 1 is 1.36 bits per heavy atom. The molecule has 1 amide bonds. The Morgan fingerprint density at radius 2 is 2.12 bits per heavy atom. The van der Waals surface area contributed by atoms with E-state index < -0.39 is 18.2 Å². The smallest absolute Gasteiger partial charge is 0.254 e. The summed E-state index contributed by atoms with van der Waals surface area (Å²) in [6.45, 7) is 7.38. The molecule has 0 unspecified atom stereocenters. The molecule has 2 N–H and O–H groups in total. The summed E-state index contributed by atoms with van der Waals surface area (Å²) in [5.74, 6) is 0.712. The van der Waals surface area contributed by atoms with E-state index in [-0.39, 0.29) is 19.1 Å². The number of fused-ring (bicyclic) bond motifs is 1. The summed E-state index contributed by atoms with van der Waals surface area (Å²) in [4.78, 5) is 19.1. The van der Waals surface area contributed by atoms with Gasteiger partial charge in [0.05, 0.1) is 30.3 Å². The van der Waals surface area contributed by atoms with Gasteiger partial charge in [-0.2, -0.15) is 0 Å². The molecule has 0 aliphatic carbocycles. The number of nitrogens with zero attached hydrogens (tertiary/aromatic N) is 3. The van der Waals surface area contributed by atoms with Crippen molar-refractivity contribution < 1.29 is 19.7 Å². The van der Waals surface area contributed by atoms with Crippen LogP contribution in [-0.2, 0) is 11.3 Å². The first-order valence-corrected chi connectivity index (χ1v) is 8.69. The lowest BCUT2D eigenvalue weighted by atomic mass is 10.0. The second kappa shape index (κ2) is 7.11. The van der Waals surface area contributed by atoms with Crippen molar-refractivity contribution in [3.05, 3.63) is 29.6 Å². The maximum absolute atomic E-state index is 13.0. The fraction of sp³-hybridized carbons (Fsp3) is 0.556. The monoisotopic (exact) mass is 347 g/mol. The number of hydrogen-bond acceptors (Lipinski definition) is 5. The third-order valence-electron chi connectivity index (χ3n) is 4.87. The molecule has 2 heterocycles. The first kappa shape index (κ1) is 17.8. The van der Waals surface area contributed by atoms with Crippen LogP contribution >= 0.6 is 0 Å². The lowest BCUT2D eigenvalue weighted by Gasteiger charge is -2.39. The van der Waals surface area contributed by atoms with Gasteiger partial charge in [0.15, 0.2) is 0 Å². The first-order chi connectivity index (χ1) is 12.0. The van der Waals surface area contributed by atoms with Gasteiger partial charge in [-0.1, -0.05) is 0 Å². The number of likely N-dealkylation sites (N-methyl/N-ethyl adjacent to an activating group) is 1. The Morgan fingerprint density at radius 3 is 2.80 bits per heavy atom. The zero-order valence-electron chi connectivity index (χ0n) is 14.8. The van der Waals surface area contributed by atoms with E-state index in [1.807, 2.05) is 19.9 Å². The van der Waals surface area contributed by atoms with Crippen LogP contribution in [0.3, 0.4) is 0 Å². The van der Waals surface area contributed by atoms with Crippen molar-refractivity contribution in [2.75, 3.05) is 19.8 Å². The zero-order chi connectivity index (χ0) is 18.1. The second-order valence-corrected chi connectivity index (χ2v) is 6.36. The molecule has 0 radical (unpaired) electrons. The standard InChI is InChI=1S/C18H25N3O4/c1-4-20-11(3)19-13-8-12(6-7-14(13)20)18(24)21(5-2)15-9-25-10-16(22)17(15)23/h6-8,15-17,22-23H,4-5,9-10H2,1-3H3/t15-,16-,17+/m1/s1. The summed E-state index contributed by atoms with van der Waals surface area (Å²) in [5.41, 5.74) is 2.29. The molecule has 0 bridgehead atoms. The molecule has 3 atom stereocenters. The van der Waals surface area contributed by atoms with Crippen molar-refractivity contribution in [3.63, 3.8) is 0 Å². The molecule has 0 saturated carbocycles. The third-order valence-corrected chi connectivity index (χ3v) is 4.87. The largest absolute Gasteiger partial charge is 0.388 e. The molecule has 25 heavy (non-hydrogen) atoms. The van der Waals surface area contributed by atoms with Crippen LogP contribution in [0.25, 0.3) is 11.0 Å². The van der Waals surface area contributed by atoms with Crippen molar-refractivity contribution in [1.29, 1.82) is 0 Å². The number of hydrogen-bond donors (Lipinski definition) is 2. The minimum Gasteiger partial charge on any atom is -0.388 e. The number of aliphatic hydroxyl groups is 2. The van der Waals surface area contributed by atoms with E-state index in [1.54, 1.807) is 17.0 Å². The van der Waals surface area contributed by atoms with E-state index in [2.05, 4.69) is 16.5 Å². The molecule has 1 aromatic heterocycles. The van der Waals surface area contributed by atoms with Gasteiger partial charge in [-0.05, 0) is 39.0 Å². The van der Waals surface area contributed by atoms with E-state index in [1.165, 1.54) is 0 Å². The molecule has 1 aliphatic heterocycles. The van der Waals surface area contributed by atoms with Crippen LogP contribution in [0.5, 0.6) is 0 Å². The highest BCUT2D eigenvalue weighted by atomic mass is 16.5. The number of carbonyl (C=O) groups is 1. The van der Waals surface area contributed by atoms with Crippen molar-refractivity contribution >= 4 is 16.9 Å². The predicted molar refractivity (Wildman–Crippen MR) is 93.5 cm³/mol. The van der Waals surface area contributed by atoms with Gasteiger partial charge in [-0.15, -0.1) is 0 Å². The average Bonchev–Trinajstić information content (AvgIpc) is 2.93. The Labute approximate surface area is 146 Å². The first-order valence-electron chi connectivity index (χ1n) is 8.69. The van der Waals surface area contributed by atoms with Gasteiger partial charge in [-0.3, -0.25) is 4.79 Å². The summed E-state index contributed by atoms with van der Waals surface area (Å²) in [7, 11) is 0. The summed E-state index contributed by atoms with van der Waals surface area (Å²) >= 11 is 0. The van der Waals surface area contributed by atoms with Gasteiger partial charge in [0.1, 0.15) is 18.0 Å². The Kier molecular flexibility index (Phi) is 5.08. The van der Waals surface area contributed by atoms with E-state index in [4.69, 9.17) is 4.74 Å². The predicted octanol–water partition coefficient (Wildman–Crippen LogP) is 0.947. The molecule has 1 aromatic carbocycles. The average molecular weight is 347 g/mol. The lowest BCUT2D eigenvalue weighted by Crippen LogP contribution is -2.57. The molecule has 7 heteroatoms. The number of amides is 1. The Hall–Kier alpha value is -1.96. The molecular formula is C18H25N3O4. The van der Waals surface area contributed by atoms with E-state index in [0.29, 0.717) is 12.1 Å². The van der Waals surface area contributed by atoms with Crippen LogP contribution < -0.4 is 0 Å². The quantitative estimate of drug-likeness (QED) is 0.860. The molecule has 136 valence electrons. The third kappa shape index (κ3) is 3.15. The van der Waals surface area contributed by atoms with E-state index in [9.17, 15) is 15.0 Å². The van der Waals surface area contributed by atoms with Gasteiger partial charge < -0.3 is 24.4 Å². The van der Waals surface area contributed by atoms with Crippen LogP contribution in [-0.4, -0.2) is 68.6 Å². The van der Waals surface area contributed by atoms with Gasteiger partial charge in [0.2, 0.25) is 0 Å². The molecule has 1 aliphatic rings. The van der Waals surface area contributed by atoms with Gasteiger partial charge >= 0.3 is 0 Å². The fourth-order valence-corrected chi connectivity index (χ4v) is 3.51. The molecule has 0 spiro atoms. The highest BCUT2D eigenvalue weighted by Crippen LogP contribution is 2.21. The number of carbonyl (C=O) groups excluding carboxylic acids is 1. The van der Waals surface area contributed by atoms with Gasteiger partial charge in [0.25, 0.3) is 5.91 Å².